The van der Waals surface area contributed by atoms with Crippen LogP contribution in [-0.2, 0) is 4.79 Å². The molecule has 0 aliphatic rings. The minimum Gasteiger partial charge on any atom is -0.481 e. The van der Waals surface area contributed by atoms with Gasteiger partial charge in [-0.15, -0.1) is 0 Å². The summed E-state index contributed by atoms with van der Waals surface area (Å²) in [7, 11) is 0. The van der Waals surface area contributed by atoms with Crippen LogP contribution in [0.1, 0.15) is 32.3 Å². The third kappa shape index (κ3) is 4.39. The molecule has 1 aromatic rings. The summed E-state index contributed by atoms with van der Waals surface area (Å²) in [6.45, 7) is 4.56. The van der Waals surface area contributed by atoms with Gasteiger partial charge in [0, 0.05) is 19.2 Å². The van der Waals surface area contributed by atoms with Crippen LogP contribution in [0.5, 0.6) is 0 Å². The highest BCUT2D eigenvalue weighted by Crippen LogP contribution is 2.25. The monoisotopic (exact) mass is 306 g/mol. The maximum Gasteiger partial charge on any atom is 0.310 e. The number of nitrogens with one attached hydrogen (secondary N) is 1. The predicted octanol–water partition coefficient (Wildman–Crippen LogP) is 3.09. The molecule has 0 bridgehead atoms. The third-order valence-electron chi connectivity index (χ3n) is 3.96. The summed E-state index contributed by atoms with van der Waals surface area (Å²) < 4.78 is 0. The van der Waals surface area contributed by atoms with Crippen LogP contribution in [0, 0.1) is 15.5 Å². The molecule has 0 amide bonds. The van der Waals surface area contributed by atoms with Crippen LogP contribution in [0.25, 0.3) is 6.08 Å². The number of nitro benzene ring substituents is 1. The van der Waals surface area contributed by atoms with Gasteiger partial charge in [-0.25, -0.2) is 0 Å². The summed E-state index contributed by atoms with van der Waals surface area (Å²) in [4.78, 5) is 21.8. The number of rotatable bonds is 9. The standard InChI is InChI=1S/C16H22N2O4/c1-3-16(4-2,15(19)20)12-17-11-7-9-13-8-5-6-10-14(13)18(21)22/h5-10,17H,3-4,11-12H2,1-2H3,(H,19,20)/b9-7+. The lowest BCUT2D eigenvalue weighted by molar-refractivity contribution is -0.385. The van der Waals surface area contributed by atoms with E-state index >= 15 is 0 Å². The Morgan fingerprint density at radius 1 is 1.36 bits per heavy atom. The number of hydrogen-bond acceptors (Lipinski definition) is 4. The molecule has 0 atom stereocenters. The first-order valence-electron chi connectivity index (χ1n) is 7.31. The zero-order chi connectivity index (χ0) is 16.6. The molecule has 6 heteroatoms. The van der Waals surface area contributed by atoms with Crippen molar-refractivity contribution in [2.75, 3.05) is 13.1 Å². The number of carboxylic acid groups (broad SMARTS) is 1. The third-order valence-corrected chi connectivity index (χ3v) is 3.96. The molecule has 0 spiro atoms. The molecule has 1 aromatic carbocycles. The van der Waals surface area contributed by atoms with Gasteiger partial charge in [0.05, 0.1) is 15.9 Å². The zero-order valence-electron chi connectivity index (χ0n) is 12.9. The Kier molecular flexibility index (Phi) is 6.72. The molecule has 0 aliphatic carbocycles. The van der Waals surface area contributed by atoms with E-state index in [9.17, 15) is 20.0 Å². The summed E-state index contributed by atoms with van der Waals surface area (Å²) in [6.07, 6.45) is 4.55. The van der Waals surface area contributed by atoms with Crippen LogP contribution in [-0.4, -0.2) is 29.1 Å². The summed E-state index contributed by atoms with van der Waals surface area (Å²) in [6, 6.07) is 6.49. The van der Waals surface area contributed by atoms with Crippen molar-refractivity contribution in [2.45, 2.75) is 26.7 Å². The number of para-hydroxylation sites is 1. The molecule has 0 heterocycles. The van der Waals surface area contributed by atoms with E-state index in [0.29, 0.717) is 31.5 Å². The van der Waals surface area contributed by atoms with E-state index in [0.717, 1.165) is 0 Å². The Morgan fingerprint density at radius 3 is 2.55 bits per heavy atom. The second-order valence-corrected chi connectivity index (χ2v) is 5.14. The SMILES string of the molecule is CCC(CC)(CNC/C=C/c1ccccc1[N+](=O)[O-])C(=O)O. The number of hydrogen-bond donors (Lipinski definition) is 2. The van der Waals surface area contributed by atoms with Crippen LogP contribution >= 0.6 is 0 Å². The number of benzene rings is 1. The molecule has 2 N–H and O–H groups in total. The van der Waals surface area contributed by atoms with E-state index in [2.05, 4.69) is 5.32 Å². The minimum atomic E-state index is -0.798. The predicted molar refractivity (Wildman–Crippen MR) is 85.7 cm³/mol. The van der Waals surface area contributed by atoms with Crippen molar-refractivity contribution in [3.8, 4) is 0 Å². The van der Waals surface area contributed by atoms with E-state index in [4.69, 9.17) is 0 Å². The first-order chi connectivity index (χ1) is 10.5. The largest absolute Gasteiger partial charge is 0.481 e. The maximum atomic E-state index is 11.4. The van der Waals surface area contributed by atoms with Crippen molar-refractivity contribution in [3.05, 3.63) is 46.0 Å². The Bertz CT molecular complexity index is 551. The van der Waals surface area contributed by atoms with E-state index in [1.165, 1.54) is 6.07 Å². The average Bonchev–Trinajstić information content (AvgIpc) is 2.51. The highest BCUT2D eigenvalue weighted by Gasteiger charge is 2.33. The maximum absolute atomic E-state index is 11.4. The Morgan fingerprint density at radius 2 is 2.00 bits per heavy atom. The van der Waals surface area contributed by atoms with Crippen molar-refractivity contribution >= 4 is 17.7 Å². The Balaban J connectivity index is 2.61. The highest BCUT2D eigenvalue weighted by molar-refractivity contribution is 5.74. The summed E-state index contributed by atoms with van der Waals surface area (Å²) >= 11 is 0. The van der Waals surface area contributed by atoms with Crippen LogP contribution in [0.2, 0.25) is 0 Å². The summed E-state index contributed by atoms with van der Waals surface area (Å²) in [5.41, 5.74) is -0.169. The van der Waals surface area contributed by atoms with Crippen LogP contribution < -0.4 is 5.32 Å². The molecular formula is C16H22N2O4. The molecule has 0 saturated carbocycles. The van der Waals surface area contributed by atoms with E-state index in [-0.39, 0.29) is 5.69 Å². The topological polar surface area (TPSA) is 92.5 Å². The van der Waals surface area contributed by atoms with Crippen LogP contribution in [0.4, 0.5) is 5.69 Å². The van der Waals surface area contributed by atoms with E-state index in [1.807, 2.05) is 13.8 Å². The van der Waals surface area contributed by atoms with Gasteiger partial charge in [-0.1, -0.05) is 38.1 Å². The molecule has 6 nitrogen and oxygen atoms in total. The minimum absolute atomic E-state index is 0.0562. The fourth-order valence-corrected chi connectivity index (χ4v) is 2.25. The van der Waals surface area contributed by atoms with Gasteiger partial charge < -0.3 is 10.4 Å². The lowest BCUT2D eigenvalue weighted by Gasteiger charge is -2.26. The van der Waals surface area contributed by atoms with Gasteiger partial charge in [-0.3, -0.25) is 14.9 Å². The number of aliphatic carboxylic acids is 1. The second kappa shape index (κ2) is 8.29. The highest BCUT2D eigenvalue weighted by atomic mass is 16.6. The lowest BCUT2D eigenvalue weighted by atomic mass is 9.82. The van der Waals surface area contributed by atoms with Crippen molar-refractivity contribution < 1.29 is 14.8 Å². The molecule has 0 fully saturated rings. The molecule has 120 valence electrons. The van der Waals surface area contributed by atoms with Gasteiger partial charge in [0.15, 0.2) is 0 Å². The van der Waals surface area contributed by atoms with Gasteiger partial charge in [-0.05, 0) is 18.9 Å². The van der Waals surface area contributed by atoms with Gasteiger partial charge in [0.25, 0.3) is 5.69 Å². The average molecular weight is 306 g/mol. The zero-order valence-corrected chi connectivity index (χ0v) is 12.9. The first-order valence-corrected chi connectivity index (χ1v) is 7.31. The van der Waals surface area contributed by atoms with E-state index in [1.54, 1.807) is 30.4 Å². The number of nitrogens with zero attached hydrogens (tertiary/aromatic N) is 1. The molecule has 0 aliphatic heterocycles. The van der Waals surface area contributed by atoms with Gasteiger partial charge in [-0.2, -0.15) is 0 Å². The van der Waals surface area contributed by atoms with Crippen molar-refractivity contribution in [2.24, 2.45) is 5.41 Å². The summed E-state index contributed by atoms with van der Waals surface area (Å²) in [5.74, 6) is -0.798. The Hall–Kier alpha value is -2.21. The molecule has 1 rings (SSSR count). The van der Waals surface area contributed by atoms with Gasteiger partial charge in [0.1, 0.15) is 0 Å². The van der Waals surface area contributed by atoms with Crippen molar-refractivity contribution in [1.82, 2.24) is 5.32 Å². The molecular weight excluding hydrogens is 284 g/mol. The molecule has 0 saturated heterocycles. The Labute approximate surface area is 130 Å². The second-order valence-electron chi connectivity index (χ2n) is 5.14. The quantitative estimate of drug-likeness (QED) is 0.415. The molecule has 22 heavy (non-hydrogen) atoms. The molecule has 0 radical (unpaired) electrons. The van der Waals surface area contributed by atoms with E-state index < -0.39 is 16.3 Å². The molecule has 0 unspecified atom stereocenters. The molecule has 0 aromatic heterocycles. The fourth-order valence-electron chi connectivity index (χ4n) is 2.25. The number of nitro groups is 1. The van der Waals surface area contributed by atoms with Crippen LogP contribution in [0.15, 0.2) is 30.3 Å². The normalized spacial score (nSPS) is 11.7. The van der Waals surface area contributed by atoms with Gasteiger partial charge in [0.2, 0.25) is 0 Å². The smallest absolute Gasteiger partial charge is 0.310 e. The fraction of sp³-hybridized carbons (Fsp3) is 0.438. The van der Waals surface area contributed by atoms with Gasteiger partial charge >= 0.3 is 5.97 Å². The van der Waals surface area contributed by atoms with Crippen molar-refractivity contribution in [3.63, 3.8) is 0 Å². The van der Waals surface area contributed by atoms with Crippen molar-refractivity contribution in [1.29, 1.82) is 0 Å². The summed E-state index contributed by atoms with van der Waals surface area (Å²) in [5, 5.41) is 23.3. The lowest BCUT2D eigenvalue weighted by Crippen LogP contribution is -2.40. The first kappa shape index (κ1) is 17.8. The number of carboxylic acids is 1. The van der Waals surface area contributed by atoms with Crippen LogP contribution in [0.3, 0.4) is 0 Å². The number of carbonyl (C=O) groups is 1.